The number of aryl methyl sites for hydroxylation is 1. The first-order chi connectivity index (χ1) is 9.33. The van der Waals surface area contributed by atoms with Crippen molar-refractivity contribution >= 4 is 17.4 Å². The van der Waals surface area contributed by atoms with Crippen molar-refractivity contribution in [3.05, 3.63) is 60.6 Å². The summed E-state index contributed by atoms with van der Waals surface area (Å²) in [5.41, 5.74) is 1.14. The summed E-state index contributed by atoms with van der Waals surface area (Å²) < 4.78 is 5.69. The van der Waals surface area contributed by atoms with Crippen LogP contribution in [0.15, 0.2) is 58.4 Å². The molecule has 0 aliphatic heterocycles. The van der Waals surface area contributed by atoms with Crippen LogP contribution >= 0.6 is 11.8 Å². The lowest BCUT2D eigenvalue weighted by atomic mass is 10.3. The first kappa shape index (κ1) is 13.8. The molecular weight excluding hydrogens is 254 g/mol. The minimum atomic E-state index is 0.714. The minimum absolute atomic E-state index is 0.714. The minimum Gasteiger partial charge on any atom is -0.464 e. The van der Waals surface area contributed by atoms with E-state index in [9.17, 15) is 0 Å². The molecule has 0 aliphatic rings. The van der Waals surface area contributed by atoms with Gasteiger partial charge in [0.15, 0.2) is 0 Å². The number of thioether (sulfide) groups is 1. The van der Waals surface area contributed by atoms with Crippen LogP contribution in [0, 0.1) is 0 Å². The second-order valence-electron chi connectivity index (χ2n) is 4.17. The molecule has 3 heteroatoms. The van der Waals surface area contributed by atoms with E-state index in [1.54, 1.807) is 11.8 Å². The van der Waals surface area contributed by atoms with E-state index in [1.165, 1.54) is 4.90 Å². The first-order valence-corrected chi connectivity index (χ1v) is 7.46. The SMILES string of the molecule is C=CCSc1ccccc1NCc1ccc(CC)o1. The van der Waals surface area contributed by atoms with Gasteiger partial charge in [0.1, 0.15) is 11.5 Å². The lowest BCUT2D eigenvalue weighted by molar-refractivity contribution is 0.476. The van der Waals surface area contributed by atoms with Crippen LogP contribution in [0.3, 0.4) is 0 Å². The van der Waals surface area contributed by atoms with Gasteiger partial charge in [0.25, 0.3) is 0 Å². The van der Waals surface area contributed by atoms with Crippen LogP contribution in [0.4, 0.5) is 5.69 Å². The Morgan fingerprint density at radius 3 is 2.74 bits per heavy atom. The van der Waals surface area contributed by atoms with Crippen molar-refractivity contribution in [2.75, 3.05) is 11.1 Å². The average molecular weight is 273 g/mol. The maximum atomic E-state index is 5.69. The second kappa shape index (κ2) is 7.10. The molecule has 19 heavy (non-hydrogen) atoms. The predicted octanol–water partition coefficient (Wildman–Crippen LogP) is 4.73. The van der Waals surface area contributed by atoms with Gasteiger partial charge in [-0.2, -0.15) is 0 Å². The highest BCUT2D eigenvalue weighted by molar-refractivity contribution is 7.99. The van der Waals surface area contributed by atoms with Gasteiger partial charge >= 0.3 is 0 Å². The Balaban J connectivity index is 2.00. The molecule has 0 fully saturated rings. The molecule has 1 aromatic heterocycles. The summed E-state index contributed by atoms with van der Waals surface area (Å²) in [5, 5.41) is 3.43. The van der Waals surface area contributed by atoms with Crippen LogP contribution in [0.5, 0.6) is 0 Å². The van der Waals surface area contributed by atoms with Gasteiger partial charge in [0.2, 0.25) is 0 Å². The summed E-state index contributed by atoms with van der Waals surface area (Å²) in [6, 6.07) is 12.4. The van der Waals surface area contributed by atoms with Crippen LogP contribution < -0.4 is 5.32 Å². The van der Waals surface area contributed by atoms with Crippen molar-refractivity contribution < 1.29 is 4.42 Å². The van der Waals surface area contributed by atoms with Crippen LogP contribution in [-0.2, 0) is 13.0 Å². The fourth-order valence-corrected chi connectivity index (χ4v) is 2.54. The average Bonchev–Trinajstić information content (AvgIpc) is 2.91. The molecule has 0 saturated heterocycles. The van der Waals surface area contributed by atoms with Gasteiger partial charge in [-0.25, -0.2) is 0 Å². The van der Waals surface area contributed by atoms with Crippen LogP contribution in [0.25, 0.3) is 0 Å². The van der Waals surface area contributed by atoms with Gasteiger partial charge in [-0.05, 0) is 24.3 Å². The van der Waals surface area contributed by atoms with Gasteiger partial charge in [0, 0.05) is 22.8 Å². The summed E-state index contributed by atoms with van der Waals surface area (Å²) in [7, 11) is 0. The molecule has 2 aromatic rings. The Morgan fingerprint density at radius 1 is 1.21 bits per heavy atom. The Bertz CT molecular complexity index is 533. The predicted molar refractivity (Wildman–Crippen MR) is 82.8 cm³/mol. The zero-order chi connectivity index (χ0) is 13.5. The largest absolute Gasteiger partial charge is 0.464 e. The van der Waals surface area contributed by atoms with Gasteiger partial charge < -0.3 is 9.73 Å². The highest BCUT2D eigenvalue weighted by atomic mass is 32.2. The van der Waals surface area contributed by atoms with Crippen molar-refractivity contribution in [1.29, 1.82) is 0 Å². The van der Waals surface area contributed by atoms with E-state index in [2.05, 4.69) is 37.0 Å². The lowest BCUT2D eigenvalue weighted by Crippen LogP contribution is -1.99. The topological polar surface area (TPSA) is 25.2 Å². The third-order valence-corrected chi connectivity index (χ3v) is 3.83. The Hall–Kier alpha value is -1.61. The third-order valence-electron chi connectivity index (χ3n) is 2.76. The van der Waals surface area contributed by atoms with Crippen molar-refractivity contribution in [2.45, 2.75) is 24.8 Å². The molecule has 0 amide bonds. The summed E-state index contributed by atoms with van der Waals surface area (Å²) in [6.07, 6.45) is 2.85. The maximum Gasteiger partial charge on any atom is 0.123 e. The number of anilines is 1. The molecule has 0 aliphatic carbocycles. The van der Waals surface area contributed by atoms with E-state index in [1.807, 2.05) is 24.3 Å². The molecule has 1 aromatic carbocycles. The molecule has 0 unspecified atom stereocenters. The van der Waals surface area contributed by atoms with E-state index in [0.29, 0.717) is 6.54 Å². The van der Waals surface area contributed by atoms with Crippen molar-refractivity contribution in [1.82, 2.24) is 0 Å². The molecule has 0 radical (unpaired) electrons. The highest BCUT2D eigenvalue weighted by Gasteiger charge is 2.03. The van der Waals surface area contributed by atoms with E-state index in [4.69, 9.17) is 4.42 Å². The Kier molecular flexibility index (Phi) is 5.16. The number of benzene rings is 1. The summed E-state index contributed by atoms with van der Waals surface area (Å²) in [6.45, 7) is 6.56. The lowest BCUT2D eigenvalue weighted by Gasteiger charge is -2.09. The Morgan fingerprint density at radius 2 is 2.00 bits per heavy atom. The maximum absolute atomic E-state index is 5.69. The Labute approximate surface area is 118 Å². The number of para-hydroxylation sites is 1. The zero-order valence-corrected chi connectivity index (χ0v) is 12.0. The van der Waals surface area contributed by atoms with Gasteiger partial charge in [0.05, 0.1) is 6.54 Å². The van der Waals surface area contributed by atoms with Gasteiger partial charge in [-0.1, -0.05) is 25.1 Å². The van der Waals surface area contributed by atoms with Crippen LogP contribution in [-0.4, -0.2) is 5.75 Å². The first-order valence-electron chi connectivity index (χ1n) is 6.47. The fourth-order valence-electron chi connectivity index (χ4n) is 1.78. The molecule has 0 saturated carbocycles. The zero-order valence-electron chi connectivity index (χ0n) is 11.2. The normalized spacial score (nSPS) is 10.4. The van der Waals surface area contributed by atoms with Crippen molar-refractivity contribution in [3.63, 3.8) is 0 Å². The molecule has 0 bridgehead atoms. The number of hydrogen-bond donors (Lipinski definition) is 1. The molecule has 1 N–H and O–H groups in total. The van der Waals surface area contributed by atoms with Crippen LogP contribution in [0.2, 0.25) is 0 Å². The van der Waals surface area contributed by atoms with Gasteiger partial charge in [-0.15, -0.1) is 18.3 Å². The van der Waals surface area contributed by atoms with E-state index < -0.39 is 0 Å². The molecule has 1 heterocycles. The summed E-state index contributed by atoms with van der Waals surface area (Å²) >= 11 is 1.78. The van der Waals surface area contributed by atoms with E-state index >= 15 is 0 Å². The van der Waals surface area contributed by atoms with Crippen molar-refractivity contribution in [3.8, 4) is 0 Å². The molecule has 2 rings (SSSR count). The standard InChI is InChI=1S/C16H19NOS/c1-3-11-19-16-8-6-5-7-15(16)17-12-14-10-9-13(4-2)18-14/h3,5-10,17H,1,4,11-12H2,2H3. The quantitative estimate of drug-likeness (QED) is 0.583. The molecule has 0 spiro atoms. The van der Waals surface area contributed by atoms with Crippen LogP contribution in [0.1, 0.15) is 18.4 Å². The number of furan rings is 1. The van der Waals surface area contributed by atoms with Gasteiger partial charge in [-0.3, -0.25) is 0 Å². The number of nitrogens with one attached hydrogen (secondary N) is 1. The summed E-state index contributed by atoms with van der Waals surface area (Å²) in [4.78, 5) is 1.24. The van der Waals surface area contributed by atoms with E-state index in [0.717, 1.165) is 29.4 Å². The smallest absolute Gasteiger partial charge is 0.123 e. The van der Waals surface area contributed by atoms with E-state index in [-0.39, 0.29) is 0 Å². The number of rotatable bonds is 7. The second-order valence-corrected chi connectivity index (χ2v) is 5.23. The summed E-state index contributed by atoms with van der Waals surface area (Å²) in [5.74, 6) is 2.92. The fraction of sp³-hybridized carbons (Fsp3) is 0.250. The van der Waals surface area contributed by atoms with Crippen molar-refractivity contribution in [2.24, 2.45) is 0 Å². The molecule has 100 valence electrons. The number of hydrogen-bond acceptors (Lipinski definition) is 3. The molecule has 2 nitrogen and oxygen atoms in total. The third kappa shape index (κ3) is 3.93. The molecular formula is C16H19NOS. The molecule has 0 atom stereocenters. The monoisotopic (exact) mass is 273 g/mol. The highest BCUT2D eigenvalue weighted by Crippen LogP contribution is 2.27.